The number of hydrogen-bond donors (Lipinski definition) is 0. The van der Waals surface area contributed by atoms with Crippen molar-refractivity contribution in [3.63, 3.8) is 0 Å². The number of ketones is 1. The molecule has 0 aliphatic carbocycles. The van der Waals surface area contributed by atoms with Crippen LogP contribution in [0, 0.1) is 0 Å². The highest BCUT2D eigenvalue weighted by Crippen LogP contribution is 2.41. The highest BCUT2D eigenvalue weighted by Gasteiger charge is 2.46. The molecule has 2 unspecified atom stereocenters. The summed E-state index contributed by atoms with van der Waals surface area (Å²) >= 11 is 3.39. The van der Waals surface area contributed by atoms with Gasteiger partial charge in [0.2, 0.25) is 0 Å². The fourth-order valence-electron chi connectivity index (χ4n) is 2.14. The monoisotopic (exact) mass is 332 g/mol. The third-order valence-electron chi connectivity index (χ3n) is 3.32. The van der Waals surface area contributed by atoms with E-state index < -0.39 is 0 Å². The fraction of sp³-hybridized carbons (Fsp3) is 0.188. The highest BCUT2D eigenvalue weighted by molar-refractivity contribution is 9.10. The van der Waals surface area contributed by atoms with E-state index in [4.69, 9.17) is 9.47 Å². The fourth-order valence-corrected chi connectivity index (χ4v) is 2.40. The van der Waals surface area contributed by atoms with E-state index in [0.717, 1.165) is 15.8 Å². The summed E-state index contributed by atoms with van der Waals surface area (Å²) in [5.41, 5.74) is 1.68. The molecule has 1 saturated heterocycles. The molecule has 3 rings (SSSR count). The second kappa shape index (κ2) is 5.38. The van der Waals surface area contributed by atoms with Gasteiger partial charge in [-0.25, -0.2) is 0 Å². The van der Waals surface area contributed by atoms with Gasteiger partial charge in [-0.2, -0.15) is 0 Å². The summed E-state index contributed by atoms with van der Waals surface area (Å²) in [6.45, 7) is 0. The molecular formula is C16H13BrO3. The van der Waals surface area contributed by atoms with Crippen LogP contribution in [-0.2, 0) is 4.74 Å². The number of rotatable bonds is 4. The summed E-state index contributed by atoms with van der Waals surface area (Å²) in [4.78, 5) is 12.3. The molecule has 0 N–H and O–H groups in total. The van der Waals surface area contributed by atoms with Crippen LogP contribution in [0.1, 0.15) is 22.0 Å². The number of hydrogen-bond acceptors (Lipinski definition) is 3. The summed E-state index contributed by atoms with van der Waals surface area (Å²) in [7, 11) is 1.60. The van der Waals surface area contributed by atoms with E-state index in [1.54, 1.807) is 31.4 Å². The lowest BCUT2D eigenvalue weighted by Crippen LogP contribution is -2.08. The quantitative estimate of drug-likeness (QED) is 0.631. The van der Waals surface area contributed by atoms with E-state index in [-0.39, 0.29) is 18.0 Å². The smallest absolute Gasteiger partial charge is 0.194 e. The minimum absolute atomic E-state index is 0.0144. The van der Waals surface area contributed by atoms with E-state index in [1.807, 2.05) is 24.3 Å². The van der Waals surface area contributed by atoms with E-state index >= 15 is 0 Å². The number of epoxide rings is 1. The van der Waals surface area contributed by atoms with Gasteiger partial charge in [-0.05, 0) is 42.0 Å². The first-order valence-electron chi connectivity index (χ1n) is 6.28. The second-order valence-corrected chi connectivity index (χ2v) is 5.54. The molecule has 0 radical (unpaired) electrons. The molecule has 0 spiro atoms. The zero-order valence-electron chi connectivity index (χ0n) is 10.9. The van der Waals surface area contributed by atoms with Crippen molar-refractivity contribution < 1.29 is 14.3 Å². The molecule has 2 aromatic rings. The Labute approximate surface area is 125 Å². The summed E-state index contributed by atoms with van der Waals surface area (Å²) < 4.78 is 11.6. The number of carbonyl (C=O) groups is 1. The van der Waals surface area contributed by atoms with Crippen LogP contribution in [0.25, 0.3) is 0 Å². The van der Waals surface area contributed by atoms with Gasteiger partial charge in [-0.1, -0.05) is 28.1 Å². The number of ether oxygens (including phenoxy) is 2. The van der Waals surface area contributed by atoms with Gasteiger partial charge in [-0.15, -0.1) is 0 Å². The van der Waals surface area contributed by atoms with Crippen LogP contribution < -0.4 is 4.74 Å². The Morgan fingerprint density at radius 2 is 1.75 bits per heavy atom. The van der Waals surface area contributed by atoms with Gasteiger partial charge in [0.05, 0.1) is 7.11 Å². The molecule has 20 heavy (non-hydrogen) atoms. The molecule has 0 aromatic heterocycles. The summed E-state index contributed by atoms with van der Waals surface area (Å²) in [6.07, 6.45) is -0.498. The minimum Gasteiger partial charge on any atom is -0.497 e. The lowest BCUT2D eigenvalue weighted by Gasteiger charge is -2.01. The lowest BCUT2D eigenvalue weighted by atomic mass is 10.0. The predicted molar refractivity (Wildman–Crippen MR) is 79.1 cm³/mol. The zero-order valence-corrected chi connectivity index (χ0v) is 12.5. The van der Waals surface area contributed by atoms with Crippen molar-refractivity contribution >= 4 is 21.7 Å². The van der Waals surface area contributed by atoms with Crippen LogP contribution in [0.15, 0.2) is 53.0 Å². The zero-order chi connectivity index (χ0) is 14.1. The maximum Gasteiger partial charge on any atom is 0.194 e. The maximum atomic E-state index is 12.3. The number of halogens is 1. The number of Topliss-reactive ketones (excluding diaryl/α,β-unsaturated/α-hetero) is 1. The van der Waals surface area contributed by atoms with E-state index in [1.165, 1.54) is 0 Å². The van der Waals surface area contributed by atoms with Crippen molar-refractivity contribution in [3.05, 3.63) is 64.1 Å². The van der Waals surface area contributed by atoms with E-state index in [9.17, 15) is 4.79 Å². The van der Waals surface area contributed by atoms with Crippen LogP contribution in [0.2, 0.25) is 0 Å². The topological polar surface area (TPSA) is 38.8 Å². The molecule has 4 heteroatoms. The average Bonchev–Trinajstić information content (AvgIpc) is 3.28. The van der Waals surface area contributed by atoms with Crippen LogP contribution >= 0.6 is 15.9 Å². The van der Waals surface area contributed by atoms with Crippen molar-refractivity contribution in [2.75, 3.05) is 7.11 Å². The molecule has 0 bridgehead atoms. The Bertz CT molecular complexity index is 619. The molecule has 1 aliphatic heterocycles. The second-order valence-electron chi connectivity index (χ2n) is 4.62. The SMILES string of the molecule is COc1ccc(C(=O)C2OC2c2ccc(Br)cc2)cc1. The maximum absolute atomic E-state index is 12.3. The van der Waals surface area contributed by atoms with Crippen LogP contribution in [0.4, 0.5) is 0 Å². The molecule has 102 valence electrons. The first kappa shape index (κ1) is 13.3. The van der Waals surface area contributed by atoms with Crippen LogP contribution in [-0.4, -0.2) is 19.0 Å². The van der Waals surface area contributed by atoms with E-state index in [2.05, 4.69) is 15.9 Å². The Balaban J connectivity index is 1.71. The number of carbonyl (C=O) groups excluding carboxylic acids is 1. The molecule has 0 saturated carbocycles. The van der Waals surface area contributed by atoms with Gasteiger partial charge < -0.3 is 9.47 Å². The van der Waals surface area contributed by atoms with E-state index in [0.29, 0.717) is 5.56 Å². The predicted octanol–water partition coefficient (Wildman–Crippen LogP) is 3.78. The molecule has 3 nitrogen and oxygen atoms in total. The van der Waals surface area contributed by atoms with Gasteiger partial charge in [0, 0.05) is 10.0 Å². The standard InChI is InChI=1S/C16H13BrO3/c1-19-13-8-4-10(5-9-13)14(18)16-15(20-16)11-2-6-12(17)7-3-11/h2-9,15-16H,1H3. The molecular weight excluding hydrogens is 320 g/mol. The van der Waals surface area contributed by atoms with Crippen molar-refractivity contribution in [3.8, 4) is 5.75 Å². The Kier molecular flexibility index (Phi) is 3.59. The first-order valence-corrected chi connectivity index (χ1v) is 7.07. The third kappa shape index (κ3) is 2.62. The summed E-state index contributed by atoms with van der Waals surface area (Å²) in [5, 5.41) is 0. The summed E-state index contributed by atoms with van der Waals surface area (Å²) in [5.74, 6) is 0.753. The van der Waals surface area contributed by atoms with Crippen molar-refractivity contribution in [2.45, 2.75) is 12.2 Å². The molecule has 2 atom stereocenters. The Hall–Kier alpha value is -1.65. The molecule has 1 heterocycles. The van der Waals surface area contributed by atoms with Gasteiger partial charge in [-0.3, -0.25) is 4.79 Å². The van der Waals surface area contributed by atoms with Crippen molar-refractivity contribution in [1.29, 1.82) is 0 Å². The average molecular weight is 333 g/mol. The summed E-state index contributed by atoms with van der Waals surface area (Å²) in [6, 6.07) is 14.9. The number of benzene rings is 2. The number of methoxy groups -OCH3 is 1. The Morgan fingerprint density at radius 1 is 1.10 bits per heavy atom. The van der Waals surface area contributed by atoms with Crippen molar-refractivity contribution in [2.24, 2.45) is 0 Å². The minimum atomic E-state index is -0.371. The molecule has 2 aromatic carbocycles. The molecule has 1 fully saturated rings. The highest BCUT2D eigenvalue weighted by atomic mass is 79.9. The normalized spacial score (nSPS) is 20.5. The largest absolute Gasteiger partial charge is 0.497 e. The van der Waals surface area contributed by atoms with Crippen molar-refractivity contribution in [1.82, 2.24) is 0 Å². The van der Waals surface area contributed by atoms with Gasteiger partial charge in [0.1, 0.15) is 11.9 Å². The first-order chi connectivity index (χ1) is 9.69. The van der Waals surface area contributed by atoms with Gasteiger partial charge >= 0.3 is 0 Å². The molecule has 0 amide bonds. The molecule has 1 aliphatic rings. The third-order valence-corrected chi connectivity index (χ3v) is 3.85. The lowest BCUT2D eigenvalue weighted by molar-refractivity contribution is 0.0953. The Morgan fingerprint density at radius 3 is 2.35 bits per heavy atom. The van der Waals surface area contributed by atoms with Crippen LogP contribution in [0.5, 0.6) is 5.75 Å². The van der Waals surface area contributed by atoms with Crippen LogP contribution in [0.3, 0.4) is 0 Å². The van der Waals surface area contributed by atoms with Gasteiger partial charge in [0.15, 0.2) is 11.9 Å². The van der Waals surface area contributed by atoms with Gasteiger partial charge in [0.25, 0.3) is 0 Å².